The van der Waals surface area contributed by atoms with Gasteiger partial charge in [0.1, 0.15) is 5.75 Å². The molecule has 7 nitrogen and oxygen atoms in total. The molecule has 0 saturated heterocycles. The Hall–Kier alpha value is -4.00. The number of hydrogen-bond donors (Lipinski definition) is 3. The minimum Gasteiger partial charge on any atom is -0.508 e. The maximum atomic E-state index is 13.2. The number of carbonyl (C=O) groups excluding carboxylic acids is 1. The molecule has 0 aliphatic carbocycles. The van der Waals surface area contributed by atoms with E-state index >= 15 is 0 Å². The number of phenols is 1. The predicted octanol–water partition coefficient (Wildman–Crippen LogP) is 4.32. The second-order valence-electron chi connectivity index (χ2n) is 8.16. The van der Waals surface area contributed by atoms with Gasteiger partial charge in [-0.25, -0.2) is 4.98 Å². The Morgan fingerprint density at radius 1 is 1.09 bits per heavy atom. The highest BCUT2D eigenvalue weighted by atomic mass is 16.3. The summed E-state index contributed by atoms with van der Waals surface area (Å²) < 4.78 is 1.97. The number of phenolic OH excluding ortho intramolecular Hbond substituents is 1. The average Bonchev–Trinajstić information content (AvgIpc) is 3.50. The molecular weight excluding hydrogens is 404 g/mol. The maximum absolute atomic E-state index is 13.2. The van der Waals surface area contributed by atoms with Crippen LogP contribution < -0.4 is 0 Å². The average molecular weight is 428 g/mol. The first-order chi connectivity index (χ1) is 15.5. The fourth-order valence-electron chi connectivity index (χ4n) is 4.47. The van der Waals surface area contributed by atoms with Crippen LogP contribution in [0.3, 0.4) is 0 Å². The van der Waals surface area contributed by atoms with Crippen LogP contribution in [0.4, 0.5) is 0 Å². The quantitative estimate of drug-likeness (QED) is 0.426. The molecule has 0 saturated carbocycles. The van der Waals surface area contributed by atoms with E-state index in [-0.39, 0.29) is 17.4 Å². The van der Waals surface area contributed by atoms with Crippen molar-refractivity contribution >= 4 is 22.4 Å². The van der Waals surface area contributed by atoms with Gasteiger partial charge in [0.25, 0.3) is 5.91 Å². The molecule has 3 heterocycles. The normalized spacial score (nSPS) is 16.5. The van der Waals surface area contributed by atoms with Gasteiger partial charge < -0.3 is 24.7 Å². The number of H-pyrrole nitrogens is 1. The number of nitrogens with one attached hydrogen (secondary N) is 1. The molecule has 1 unspecified atom stereocenters. The van der Waals surface area contributed by atoms with Crippen molar-refractivity contribution in [3.05, 3.63) is 89.8 Å². The van der Waals surface area contributed by atoms with Gasteiger partial charge in [0.2, 0.25) is 0 Å². The predicted molar refractivity (Wildman–Crippen MR) is 122 cm³/mol. The first-order valence-electron chi connectivity index (χ1n) is 10.6. The van der Waals surface area contributed by atoms with E-state index < -0.39 is 6.04 Å². The molecule has 1 amide bonds. The zero-order valence-electron chi connectivity index (χ0n) is 17.7. The molecule has 2 aromatic heterocycles. The summed E-state index contributed by atoms with van der Waals surface area (Å²) in [5, 5.41) is 21.7. The van der Waals surface area contributed by atoms with Crippen LogP contribution in [-0.4, -0.2) is 42.1 Å². The van der Waals surface area contributed by atoms with Crippen molar-refractivity contribution in [2.24, 2.45) is 0 Å². The summed E-state index contributed by atoms with van der Waals surface area (Å²) in [4.78, 5) is 22.3. The molecular formula is C25H24N4O3. The van der Waals surface area contributed by atoms with Crippen LogP contribution in [-0.2, 0) is 11.3 Å². The van der Waals surface area contributed by atoms with Crippen LogP contribution in [0.1, 0.15) is 29.2 Å². The van der Waals surface area contributed by atoms with Crippen molar-refractivity contribution in [2.45, 2.75) is 25.9 Å². The molecule has 4 aromatic rings. The number of aryl methyl sites for hydroxylation is 2. The molecule has 1 atom stereocenters. The van der Waals surface area contributed by atoms with E-state index in [1.165, 1.54) is 0 Å². The number of rotatable bonds is 6. The highest BCUT2D eigenvalue weighted by Crippen LogP contribution is 2.45. The molecule has 5 rings (SSSR count). The summed E-state index contributed by atoms with van der Waals surface area (Å²) in [6, 6.07) is 12.3. The van der Waals surface area contributed by atoms with Gasteiger partial charge in [0.05, 0.1) is 12.4 Å². The molecule has 0 spiro atoms. The summed E-state index contributed by atoms with van der Waals surface area (Å²) in [7, 11) is 0. The lowest BCUT2D eigenvalue weighted by Gasteiger charge is -2.27. The van der Waals surface area contributed by atoms with Crippen LogP contribution in [0.25, 0.3) is 16.5 Å². The zero-order chi connectivity index (χ0) is 22.2. The minimum absolute atomic E-state index is 0.134. The third kappa shape index (κ3) is 3.41. The van der Waals surface area contributed by atoms with Crippen LogP contribution in [0.5, 0.6) is 5.75 Å². The van der Waals surface area contributed by atoms with Crippen molar-refractivity contribution in [1.82, 2.24) is 19.4 Å². The minimum atomic E-state index is -0.439. The van der Waals surface area contributed by atoms with E-state index in [9.17, 15) is 15.0 Å². The van der Waals surface area contributed by atoms with Crippen LogP contribution >= 0.6 is 0 Å². The van der Waals surface area contributed by atoms with Crippen molar-refractivity contribution in [3.63, 3.8) is 0 Å². The standard InChI is InChI=1S/C25H24N4O3/c1-16-3-8-19-20(14-27-21(19)13-16)23-22(17-4-6-18(30)7-5-17)24(31)25(32)29(23)11-2-10-28-12-9-26-15-28/h3-9,12-15,23,27,30-31H,2,10-11H2,1H3. The van der Waals surface area contributed by atoms with Crippen LogP contribution in [0, 0.1) is 6.92 Å². The first-order valence-corrected chi connectivity index (χ1v) is 10.6. The van der Waals surface area contributed by atoms with Crippen molar-refractivity contribution in [1.29, 1.82) is 0 Å². The summed E-state index contributed by atoms with van der Waals surface area (Å²) in [6.45, 7) is 3.24. The third-order valence-electron chi connectivity index (χ3n) is 6.02. The number of aromatic hydroxyl groups is 1. The number of hydrogen-bond acceptors (Lipinski definition) is 4. The molecule has 32 heavy (non-hydrogen) atoms. The second kappa shape index (κ2) is 7.92. The Labute approximate surface area is 185 Å². The van der Waals surface area contributed by atoms with E-state index in [0.29, 0.717) is 17.7 Å². The number of amides is 1. The maximum Gasteiger partial charge on any atom is 0.289 e. The lowest BCUT2D eigenvalue weighted by molar-refractivity contribution is -0.129. The van der Waals surface area contributed by atoms with E-state index in [1.807, 2.05) is 30.0 Å². The Morgan fingerprint density at radius 3 is 2.66 bits per heavy atom. The Bertz CT molecular complexity index is 1300. The van der Waals surface area contributed by atoms with Crippen molar-refractivity contribution < 1.29 is 15.0 Å². The molecule has 1 aliphatic rings. The van der Waals surface area contributed by atoms with E-state index in [2.05, 4.69) is 22.1 Å². The number of carbonyl (C=O) groups is 1. The van der Waals surface area contributed by atoms with Crippen molar-refractivity contribution in [2.75, 3.05) is 6.54 Å². The van der Waals surface area contributed by atoms with Gasteiger partial charge >= 0.3 is 0 Å². The molecule has 0 radical (unpaired) electrons. The smallest absolute Gasteiger partial charge is 0.289 e. The molecule has 162 valence electrons. The lowest BCUT2D eigenvalue weighted by atomic mass is 9.93. The van der Waals surface area contributed by atoms with Gasteiger partial charge in [0.15, 0.2) is 5.76 Å². The second-order valence-corrected chi connectivity index (χ2v) is 8.16. The number of nitrogens with zero attached hydrogens (tertiary/aromatic N) is 3. The fourth-order valence-corrected chi connectivity index (χ4v) is 4.47. The van der Waals surface area contributed by atoms with E-state index in [4.69, 9.17) is 0 Å². The number of aliphatic hydroxyl groups is 1. The fraction of sp³-hybridized carbons (Fsp3) is 0.200. The topological polar surface area (TPSA) is 94.4 Å². The lowest BCUT2D eigenvalue weighted by Crippen LogP contribution is -2.31. The summed E-state index contributed by atoms with van der Waals surface area (Å²) in [5.74, 6) is -0.496. The third-order valence-corrected chi connectivity index (χ3v) is 6.02. The summed E-state index contributed by atoms with van der Waals surface area (Å²) in [6.07, 6.45) is 8.01. The monoisotopic (exact) mass is 428 g/mol. The van der Waals surface area contributed by atoms with Crippen LogP contribution in [0.2, 0.25) is 0 Å². The van der Waals surface area contributed by atoms with Gasteiger partial charge in [0, 0.05) is 53.7 Å². The van der Waals surface area contributed by atoms with Gasteiger partial charge in [-0.15, -0.1) is 0 Å². The Morgan fingerprint density at radius 2 is 1.91 bits per heavy atom. The number of imidazole rings is 1. The molecule has 7 heteroatoms. The van der Waals surface area contributed by atoms with Gasteiger partial charge in [-0.05, 0) is 42.7 Å². The Kier molecular flexibility index (Phi) is 4.93. The van der Waals surface area contributed by atoms with Gasteiger partial charge in [-0.3, -0.25) is 4.79 Å². The molecule has 3 N–H and O–H groups in total. The Balaban J connectivity index is 1.56. The van der Waals surface area contributed by atoms with E-state index in [1.54, 1.807) is 41.7 Å². The SMILES string of the molecule is Cc1ccc2c(C3C(c4ccc(O)cc4)=C(O)C(=O)N3CCCn3ccnc3)c[nH]c2c1. The van der Waals surface area contributed by atoms with Crippen molar-refractivity contribution in [3.8, 4) is 5.75 Å². The number of fused-ring (bicyclic) bond motifs is 1. The zero-order valence-corrected chi connectivity index (χ0v) is 17.7. The number of benzene rings is 2. The van der Waals surface area contributed by atoms with E-state index in [0.717, 1.165) is 35.0 Å². The molecule has 2 aromatic carbocycles. The molecule has 1 aliphatic heterocycles. The number of aliphatic hydroxyl groups excluding tert-OH is 1. The highest BCUT2D eigenvalue weighted by Gasteiger charge is 2.41. The molecule has 0 fully saturated rings. The summed E-state index contributed by atoms with van der Waals surface area (Å²) >= 11 is 0. The first kappa shape index (κ1) is 19.9. The number of aromatic nitrogens is 3. The highest BCUT2D eigenvalue weighted by molar-refractivity contribution is 6.06. The number of aromatic amines is 1. The largest absolute Gasteiger partial charge is 0.508 e. The summed E-state index contributed by atoms with van der Waals surface area (Å²) in [5.41, 5.74) is 4.32. The molecule has 0 bridgehead atoms. The van der Waals surface area contributed by atoms with Crippen LogP contribution in [0.15, 0.2) is 73.1 Å². The van der Waals surface area contributed by atoms with Gasteiger partial charge in [-0.2, -0.15) is 0 Å². The van der Waals surface area contributed by atoms with Gasteiger partial charge in [-0.1, -0.05) is 24.3 Å².